The van der Waals surface area contributed by atoms with E-state index in [0.717, 1.165) is 16.6 Å². The summed E-state index contributed by atoms with van der Waals surface area (Å²) in [6.07, 6.45) is 0. The van der Waals surface area contributed by atoms with Crippen molar-refractivity contribution >= 4 is 72.9 Å². The fraction of sp³-hybridized carbons (Fsp3) is 0.226. The van der Waals surface area contributed by atoms with Crippen LogP contribution < -0.4 is 15.7 Å². The van der Waals surface area contributed by atoms with Crippen LogP contribution in [-0.4, -0.2) is 11.4 Å². The van der Waals surface area contributed by atoms with E-state index >= 15 is 0 Å². The normalized spacial score (nSPS) is 15.9. The van der Waals surface area contributed by atoms with Crippen molar-refractivity contribution in [1.29, 1.82) is 0 Å². The molecule has 0 bridgehead atoms. The highest BCUT2D eigenvalue weighted by molar-refractivity contribution is 6.93. The van der Waals surface area contributed by atoms with Crippen LogP contribution in [0.3, 0.4) is 0 Å². The number of furan rings is 1. The molecule has 0 amide bonds. The average Bonchev–Trinajstić information content (AvgIpc) is 3.97. The predicted octanol–water partition coefficient (Wildman–Crippen LogP) is 15.1. The summed E-state index contributed by atoms with van der Waals surface area (Å²) in [5.41, 5.74) is 26.9. The van der Waals surface area contributed by atoms with Crippen LogP contribution in [0.4, 0.5) is 11.4 Å². The molecule has 0 spiro atoms. The van der Waals surface area contributed by atoms with Gasteiger partial charge in [-0.15, -0.1) is 0 Å². The molecule has 4 heteroatoms. The van der Waals surface area contributed by atoms with Crippen LogP contribution in [0, 0.1) is 0 Å². The first-order valence-corrected chi connectivity index (χ1v) is 24.0. The summed E-state index contributed by atoms with van der Waals surface area (Å²) in [5.74, 6) is 0. The van der Waals surface area contributed by atoms with E-state index in [0.29, 0.717) is 0 Å². The number of para-hydroxylation sites is 1. The second-order valence-corrected chi connectivity index (χ2v) is 22.9. The molecule has 0 unspecified atom stereocenters. The van der Waals surface area contributed by atoms with Crippen molar-refractivity contribution in [2.75, 3.05) is 4.81 Å². The summed E-state index contributed by atoms with van der Waals surface area (Å²) >= 11 is 0. The first-order valence-electron chi connectivity index (χ1n) is 24.0. The summed E-state index contributed by atoms with van der Waals surface area (Å²) in [4.78, 5) is 2.73. The lowest BCUT2D eigenvalue weighted by Crippen LogP contribution is -2.60. The molecular formula is C62H53BN2O. The van der Waals surface area contributed by atoms with Gasteiger partial charge in [-0.1, -0.05) is 160 Å². The van der Waals surface area contributed by atoms with Gasteiger partial charge in [-0.2, -0.15) is 0 Å². The Bertz CT molecular complexity index is 3840. The lowest BCUT2D eigenvalue weighted by Gasteiger charge is -2.43. The fourth-order valence-electron chi connectivity index (χ4n) is 13.0. The third kappa shape index (κ3) is 4.70. The molecule has 8 aromatic carbocycles. The largest absolute Gasteiger partial charge is 0.456 e. The Morgan fingerprint density at radius 2 is 1.14 bits per heavy atom. The van der Waals surface area contributed by atoms with Crippen LogP contribution in [0.5, 0.6) is 0 Å². The van der Waals surface area contributed by atoms with E-state index in [1.165, 1.54) is 122 Å². The van der Waals surface area contributed by atoms with Crippen molar-refractivity contribution in [3.63, 3.8) is 0 Å². The van der Waals surface area contributed by atoms with Gasteiger partial charge in [0.25, 0.3) is 0 Å². The third-order valence-electron chi connectivity index (χ3n) is 16.5. The quantitative estimate of drug-likeness (QED) is 0.153. The molecule has 320 valence electrons. The Labute approximate surface area is 387 Å². The van der Waals surface area contributed by atoms with Crippen LogP contribution in [0.1, 0.15) is 103 Å². The summed E-state index contributed by atoms with van der Waals surface area (Å²) in [6, 6.07) is 54.2. The molecule has 4 heterocycles. The number of nitrogens with zero attached hydrogens (tertiary/aromatic N) is 2. The summed E-state index contributed by atoms with van der Waals surface area (Å²) in [6.45, 7) is 23.5. The molecule has 66 heavy (non-hydrogen) atoms. The van der Waals surface area contributed by atoms with Gasteiger partial charge in [-0.3, -0.25) is 0 Å². The number of fused-ring (bicyclic) bond motifs is 18. The molecule has 14 rings (SSSR count). The highest BCUT2D eigenvalue weighted by Crippen LogP contribution is 2.56. The van der Waals surface area contributed by atoms with Gasteiger partial charge < -0.3 is 13.8 Å². The Morgan fingerprint density at radius 1 is 0.470 bits per heavy atom. The van der Waals surface area contributed by atoms with Crippen molar-refractivity contribution < 1.29 is 4.42 Å². The number of benzene rings is 8. The second-order valence-electron chi connectivity index (χ2n) is 22.9. The van der Waals surface area contributed by atoms with E-state index < -0.39 is 0 Å². The second kappa shape index (κ2) is 12.2. The first kappa shape index (κ1) is 38.5. The molecule has 0 fully saturated rings. The minimum absolute atomic E-state index is 0.0275. The van der Waals surface area contributed by atoms with Gasteiger partial charge in [-0.25, -0.2) is 0 Å². The SMILES string of the molecule is CC(C)(C)c1ccc(N2B3c4cc5c(cc4-n4c6ccc7oc8ccccc8c7c6c6ccc(c3c64)-c3cc4c(cc32)-c2cc(C(C)(C)C)ccc2C4(C)C)C(C)(C)c2ccccc2-5)cc1. The molecule has 2 aromatic heterocycles. The van der Waals surface area contributed by atoms with Crippen molar-refractivity contribution in [3.8, 4) is 39.1 Å². The molecule has 4 aliphatic rings. The van der Waals surface area contributed by atoms with Crippen LogP contribution in [0.25, 0.3) is 82.8 Å². The van der Waals surface area contributed by atoms with Gasteiger partial charge in [-0.05, 0) is 131 Å². The topological polar surface area (TPSA) is 21.3 Å². The zero-order chi connectivity index (χ0) is 45.1. The third-order valence-corrected chi connectivity index (χ3v) is 16.5. The summed E-state index contributed by atoms with van der Waals surface area (Å²) in [5, 5.41) is 4.89. The Morgan fingerprint density at radius 3 is 1.91 bits per heavy atom. The Kier molecular flexibility index (Phi) is 7.09. The van der Waals surface area contributed by atoms with Gasteiger partial charge in [0.2, 0.25) is 0 Å². The van der Waals surface area contributed by atoms with Gasteiger partial charge in [0.05, 0.1) is 11.0 Å². The standard InChI is InChI=1S/C62H53BN2O/c1-59(2,3)34-19-22-36(23-20-34)65-51-32-43-41-29-35(60(4,5)6)21-26-46(41)62(9,10)47(43)30-44(51)38-24-25-40-55-50(27-28-54-56(55)39-16-12-14-18-53(39)66-54)64-52-33-48-42(31-49(52)63(65)57(38)58(40)64)37-15-11-13-17-45(37)61(48,7)8/h11-33H,1-10H3. The van der Waals surface area contributed by atoms with Crippen LogP contribution in [0.15, 0.2) is 144 Å². The van der Waals surface area contributed by atoms with Crippen molar-refractivity contribution in [2.45, 2.75) is 90.9 Å². The van der Waals surface area contributed by atoms with E-state index in [-0.39, 0.29) is 28.5 Å². The molecule has 0 saturated carbocycles. The number of aromatic nitrogens is 1. The van der Waals surface area contributed by atoms with Gasteiger partial charge in [0.1, 0.15) is 11.2 Å². The lowest BCUT2D eigenvalue weighted by atomic mass is 9.43. The Hall–Kier alpha value is -6.78. The molecule has 0 saturated heterocycles. The van der Waals surface area contributed by atoms with E-state index in [1.54, 1.807) is 0 Å². The zero-order valence-corrected chi connectivity index (χ0v) is 39.7. The molecule has 3 nitrogen and oxygen atoms in total. The predicted molar refractivity (Wildman–Crippen MR) is 280 cm³/mol. The van der Waals surface area contributed by atoms with E-state index in [1.807, 2.05) is 0 Å². The molecular weight excluding hydrogens is 800 g/mol. The highest BCUT2D eigenvalue weighted by Gasteiger charge is 2.48. The summed E-state index contributed by atoms with van der Waals surface area (Å²) in [7, 11) is 0. The molecule has 10 aromatic rings. The molecule has 0 N–H and O–H groups in total. The maximum atomic E-state index is 6.62. The fourth-order valence-corrected chi connectivity index (χ4v) is 13.0. The first-order chi connectivity index (χ1) is 31.5. The maximum absolute atomic E-state index is 6.62. The van der Waals surface area contributed by atoms with Crippen molar-refractivity contribution in [3.05, 3.63) is 173 Å². The highest BCUT2D eigenvalue weighted by atomic mass is 16.3. The minimum atomic E-state index is -0.163. The van der Waals surface area contributed by atoms with Gasteiger partial charge in [0, 0.05) is 55.0 Å². The molecule has 0 atom stereocenters. The van der Waals surface area contributed by atoms with Crippen LogP contribution >= 0.6 is 0 Å². The molecule has 2 aliphatic carbocycles. The summed E-state index contributed by atoms with van der Waals surface area (Å²) < 4.78 is 9.26. The number of hydrogen-bond donors (Lipinski definition) is 0. The van der Waals surface area contributed by atoms with Crippen molar-refractivity contribution in [2.24, 2.45) is 0 Å². The van der Waals surface area contributed by atoms with Crippen molar-refractivity contribution in [1.82, 2.24) is 4.57 Å². The average molecular weight is 853 g/mol. The van der Waals surface area contributed by atoms with E-state index in [2.05, 4.69) is 218 Å². The lowest BCUT2D eigenvalue weighted by molar-refractivity contribution is 0.589. The Balaban J connectivity index is 1.16. The van der Waals surface area contributed by atoms with E-state index in [4.69, 9.17) is 4.42 Å². The number of anilines is 2. The van der Waals surface area contributed by atoms with E-state index in [9.17, 15) is 0 Å². The zero-order valence-electron chi connectivity index (χ0n) is 39.7. The minimum Gasteiger partial charge on any atom is -0.456 e. The number of hydrogen-bond acceptors (Lipinski definition) is 2. The van der Waals surface area contributed by atoms with Crippen LogP contribution in [-0.2, 0) is 21.7 Å². The van der Waals surface area contributed by atoms with Gasteiger partial charge >= 0.3 is 6.85 Å². The smallest absolute Gasteiger partial charge is 0.333 e. The molecule has 0 radical (unpaired) electrons. The van der Waals surface area contributed by atoms with Crippen LogP contribution in [0.2, 0.25) is 0 Å². The van der Waals surface area contributed by atoms with Gasteiger partial charge in [0.15, 0.2) is 0 Å². The number of rotatable bonds is 1. The monoisotopic (exact) mass is 852 g/mol. The maximum Gasteiger partial charge on any atom is 0.333 e. The molecule has 2 aliphatic heterocycles.